The second kappa shape index (κ2) is 5.21. The third-order valence-corrected chi connectivity index (χ3v) is 5.29. The molecule has 1 saturated heterocycles. The molecule has 0 radical (unpaired) electrons. The van der Waals surface area contributed by atoms with Crippen molar-refractivity contribution in [2.24, 2.45) is 5.92 Å². The molecule has 4 nitrogen and oxygen atoms in total. The Balaban J connectivity index is 2.23. The van der Waals surface area contributed by atoms with Gasteiger partial charge in [-0.05, 0) is 24.6 Å². The molecule has 0 aromatic heterocycles. The van der Waals surface area contributed by atoms with Crippen molar-refractivity contribution in [3.63, 3.8) is 0 Å². The van der Waals surface area contributed by atoms with E-state index in [1.807, 2.05) is 13.0 Å². The van der Waals surface area contributed by atoms with E-state index in [0.717, 1.165) is 5.56 Å². The van der Waals surface area contributed by atoms with E-state index >= 15 is 0 Å². The van der Waals surface area contributed by atoms with Gasteiger partial charge in [0.1, 0.15) is 0 Å². The predicted octanol–water partition coefficient (Wildman–Crippen LogP) is 1.29. The Bertz CT molecular complexity index is 522. The van der Waals surface area contributed by atoms with E-state index in [4.69, 9.17) is 5.11 Å². The summed E-state index contributed by atoms with van der Waals surface area (Å²) in [6, 6.07) is 6.86. The Hall–Kier alpha value is -0.560. The van der Waals surface area contributed by atoms with Crippen LogP contribution in [0.1, 0.15) is 17.7 Å². The molecule has 1 atom stereocenters. The van der Waals surface area contributed by atoms with Crippen LogP contribution in [0.15, 0.2) is 29.2 Å². The largest absolute Gasteiger partial charge is 0.396 e. The molecule has 18 heavy (non-hydrogen) atoms. The zero-order valence-corrected chi connectivity index (χ0v) is 11.9. The Morgan fingerprint density at radius 3 is 2.72 bits per heavy atom. The SMILES string of the molecule is CC(S)c1cccc(S(=O)(=O)N2CC(CO)C2)c1. The first-order valence-electron chi connectivity index (χ1n) is 5.84. The van der Waals surface area contributed by atoms with E-state index in [0.29, 0.717) is 18.0 Å². The van der Waals surface area contributed by atoms with Gasteiger partial charge < -0.3 is 5.11 Å². The minimum Gasteiger partial charge on any atom is -0.396 e. The third-order valence-electron chi connectivity index (χ3n) is 3.16. The van der Waals surface area contributed by atoms with E-state index < -0.39 is 10.0 Å². The highest BCUT2D eigenvalue weighted by molar-refractivity contribution is 7.89. The quantitative estimate of drug-likeness (QED) is 0.821. The molecule has 0 spiro atoms. The molecule has 1 heterocycles. The molecule has 1 unspecified atom stereocenters. The van der Waals surface area contributed by atoms with Gasteiger partial charge in [-0.15, -0.1) is 0 Å². The highest BCUT2D eigenvalue weighted by Crippen LogP contribution is 2.27. The molecule has 1 aliphatic heterocycles. The molecule has 1 aromatic rings. The van der Waals surface area contributed by atoms with Crippen molar-refractivity contribution in [1.82, 2.24) is 4.31 Å². The Kier molecular flexibility index (Phi) is 4.01. The second-order valence-electron chi connectivity index (χ2n) is 4.62. The highest BCUT2D eigenvalue weighted by atomic mass is 32.2. The Morgan fingerprint density at radius 2 is 2.17 bits per heavy atom. The second-order valence-corrected chi connectivity index (χ2v) is 7.33. The number of thiol groups is 1. The summed E-state index contributed by atoms with van der Waals surface area (Å²) in [5.41, 5.74) is 0.888. The van der Waals surface area contributed by atoms with Gasteiger partial charge >= 0.3 is 0 Å². The van der Waals surface area contributed by atoms with E-state index in [1.54, 1.807) is 18.2 Å². The van der Waals surface area contributed by atoms with Gasteiger partial charge in [0.05, 0.1) is 4.90 Å². The first-order valence-corrected chi connectivity index (χ1v) is 7.80. The molecule has 1 aliphatic rings. The van der Waals surface area contributed by atoms with Crippen LogP contribution in [-0.4, -0.2) is 37.5 Å². The molecule has 1 fully saturated rings. The molecule has 2 rings (SSSR count). The van der Waals surface area contributed by atoms with Gasteiger partial charge in [-0.2, -0.15) is 16.9 Å². The maximum absolute atomic E-state index is 12.3. The van der Waals surface area contributed by atoms with E-state index in [-0.39, 0.29) is 17.8 Å². The summed E-state index contributed by atoms with van der Waals surface area (Å²) in [5, 5.41) is 8.93. The maximum Gasteiger partial charge on any atom is 0.243 e. The molecule has 0 saturated carbocycles. The first-order chi connectivity index (χ1) is 8.45. The van der Waals surface area contributed by atoms with Crippen LogP contribution < -0.4 is 0 Å². The summed E-state index contributed by atoms with van der Waals surface area (Å²) in [6.45, 7) is 2.75. The van der Waals surface area contributed by atoms with Gasteiger partial charge in [0.2, 0.25) is 10.0 Å². The molecular weight excluding hydrogens is 270 g/mol. The number of hydrogen-bond acceptors (Lipinski definition) is 4. The number of aliphatic hydroxyl groups is 1. The lowest BCUT2D eigenvalue weighted by atomic mass is 10.1. The molecule has 0 amide bonds. The predicted molar refractivity (Wildman–Crippen MR) is 73.2 cm³/mol. The standard InChI is InChI=1S/C12H17NO3S2/c1-9(17)11-3-2-4-12(5-11)18(15,16)13-6-10(7-13)8-14/h2-5,9-10,14,17H,6-8H2,1H3. The molecule has 0 bridgehead atoms. The van der Waals surface area contributed by atoms with Gasteiger partial charge in [0, 0.05) is 30.9 Å². The maximum atomic E-state index is 12.3. The van der Waals surface area contributed by atoms with Crippen molar-refractivity contribution in [2.75, 3.05) is 19.7 Å². The molecule has 6 heteroatoms. The molecule has 1 N–H and O–H groups in total. The summed E-state index contributed by atoms with van der Waals surface area (Å²) >= 11 is 4.31. The molecule has 0 aliphatic carbocycles. The normalized spacial score (nSPS) is 19.5. The fourth-order valence-electron chi connectivity index (χ4n) is 1.92. The summed E-state index contributed by atoms with van der Waals surface area (Å²) in [4.78, 5) is 0.303. The molecule has 100 valence electrons. The van der Waals surface area contributed by atoms with Crippen LogP contribution in [0, 0.1) is 5.92 Å². The van der Waals surface area contributed by atoms with Gasteiger partial charge in [-0.1, -0.05) is 12.1 Å². The van der Waals surface area contributed by atoms with Crippen LogP contribution >= 0.6 is 12.6 Å². The average molecular weight is 287 g/mol. The van der Waals surface area contributed by atoms with Gasteiger partial charge in [0.15, 0.2) is 0 Å². The number of nitrogens with zero attached hydrogens (tertiary/aromatic N) is 1. The van der Waals surface area contributed by atoms with Crippen molar-refractivity contribution in [3.05, 3.63) is 29.8 Å². The average Bonchev–Trinajstić information content (AvgIpc) is 2.27. The zero-order chi connectivity index (χ0) is 13.3. The fraction of sp³-hybridized carbons (Fsp3) is 0.500. The number of aliphatic hydroxyl groups excluding tert-OH is 1. The third kappa shape index (κ3) is 2.56. The van der Waals surface area contributed by atoms with Crippen molar-refractivity contribution in [2.45, 2.75) is 17.1 Å². The van der Waals surface area contributed by atoms with E-state index in [1.165, 1.54) is 4.31 Å². The number of sulfonamides is 1. The monoisotopic (exact) mass is 287 g/mol. The van der Waals surface area contributed by atoms with Crippen molar-refractivity contribution >= 4 is 22.7 Å². The summed E-state index contributed by atoms with van der Waals surface area (Å²) < 4.78 is 25.9. The van der Waals surface area contributed by atoms with Gasteiger partial charge in [-0.25, -0.2) is 8.42 Å². The fourth-order valence-corrected chi connectivity index (χ4v) is 3.73. The van der Waals surface area contributed by atoms with Crippen LogP contribution in [-0.2, 0) is 10.0 Å². The van der Waals surface area contributed by atoms with Crippen LogP contribution in [0.2, 0.25) is 0 Å². The summed E-state index contributed by atoms with van der Waals surface area (Å²) in [7, 11) is -3.41. The highest BCUT2D eigenvalue weighted by Gasteiger charge is 2.36. The van der Waals surface area contributed by atoms with E-state index in [9.17, 15) is 8.42 Å². The summed E-state index contributed by atoms with van der Waals surface area (Å²) in [6.07, 6.45) is 0. The van der Waals surface area contributed by atoms with Crippen molar-refractivity contribution in [1.29, 1.82) is 0 Å². The minimum atomic E-state index is -3.41. The number of rotatable bonds is 4. The Morgan fingerprint density at radius 1 is 1.50 bits per heavy atom. The van der Waals surface area contributed by atoms with Crippen molar-refractivity contribution < 1.29 is 13.5 Å². The van der Waals surface area contributed by atoms with Crippen LogP contribution in [0.3, 0.4) is 0 Å². The lowest BCUT2D eigenvalue weighted by Gasteiger charge is -2.37. The van der Waals surface area contributed by atoms with Crippen LogP contribution in [0.5, 0.6) is 0 Å². The minimum absolute atomic E-state index is 0.00160. The lowest BCUT2D eigenvalue weighted by Crippen LogP contribution is -2.51. The van der Waals surface area contributed by atoms with Crippen LogP contribution in [0.25, 0.3) is 0 Å². The molecule has 1 aromatic carbocycles. The van der Waals surface area contributed by atoms with E-state index in [2.05, 4.69) is 12.6 Å². The smallest absolute Gasteiger partial charge is 0.243 e. The number of hydrogen-bond donors (Lipinski definition) is 2. The Labute approximate surface area is 113 Å². The first kappa shape index (κ1) is 13.9. The van der Waals surface area contributed by atoms with Gasteiger partial charge in [-0.3, -0.25) is 0 Å². The van der Waals surface area contributed by atoms with Gasteiger partial charge in [0.25, 0.3) is 0 Å². The number of benzene rings is 1. The molecular formula is C12H17NO3S2. The summed E-state index contributed by atoms with van der Waals surface area (Å²) in [5.74, 6) is 0.0757. The zero-order valence-electron chi connectivity index (χ0n) is 10.2. The topological polar surface area (TPSA) is 57.6 Å². The van der Waals surface area contributed by atoms with Crippen molar-refractivity contribution in [3.8, 4) is 0 Å². The lowest BCUT2D eigenvalue weighted by molar-refractivity contribution is 0.117. The van der Waals surface area contributed by atoms with Crippen LogP contribution in [0.4, 0.5) is 0 Å².